The summed E-state index contributed by atoms with van der Waals surface area (Å²) < 4.78 is 17.9. The summed E-state index contributed by atoms with van der Waals surface area (Å²) in [6, 6.07) is -0.718. The standard InChI is InChI=1S/C56H103NO9/c1-5-7-9-11-13-15-20-26-32-44-38-46(44)34-28-22-17-18-24-30-36-49(59)55(63)57-48(42-65-56-54(62)53(61)52(60)51(40-58)66-56)50(64-41-43(3)4)37-31-25-19-23-29-35-47-39-45(47)33-27-21-16-14-12-10-8-6-2/h18,24,41,44-54,56,58-62H,5-17,19-23,25-40,42H2,1-4H3,(H,57,63)/b24-18-/t44-,45-,46+,47+,48-,49+,50+,51-,52+,53-,54-,56+/m0/s1. The first-order valence-electron chi connectivity index (χ1n) is 27.9. The largest absolute Gasteiger partial charge is 0.496 e. The molecule has 0 radical (unpaired) electrons. The number of ether oxygens (including phenoxy) is 3. The molecule has 3 fully saturated rings. The normalized spacial score (nSPS) is 26.3. The highest BCUT2D eigenvalue weighted by Crippen LogP contribution is 2.46. The highest BCUT2D eigenvalue weighted by atomic mass is 16.7. The van der Waals surface area contributed by atoms with Gasteiger partial charge in [0.15, 0.2) is 6.29 Å². The molecule has 1 aliphatic heterocycles. The molecule has 10 heteroatoms. The maximum Gasteiger partial charge on any atom is 0.249 e. The molecule has 0 unspecified atom stereocenters. The van der Waals surface area contributed by atoms with Crippen LogP contribution in [-0.2, 0) is 19.0 Å². The summed E-state index contributed by atoms with van der Waals surface area (Å²) in [6.45, 7) is 7.71. The van der Waals surface area contributed by atoms with Crippen molar-refractivity contribution in [2.75, 3.05) is 13.2 Å². The van der Waals surface area contributed by atoms with Crippen LogP contribution in [0.3, 0.4) is 0 Å². The molecule has 0 spiro atoms. The molecule has 66 heavy (non-hydrogen) atoms. The molecule has 1 amide bonds. The minimum absolute atomic E-state index is 0.148. The highest BCUT2D eigenvalue weighted by Gasteiger charge is 2.44. The predicted octanol–water partition coefficient (Wildman–Crippen LogP) is 11.9. The van der Waals surface area contributed by atoms with Crippen LogP contribution in [0, 0.1) is 23.7 Å². The van der Waals surface area contributed by atoms with E-state index in [0.717, 1.165) is 54.9 Å². The molecule has 0 aromatic carbocycles. The predicted molar refractivity (Wildman–Crippen MR) is 269 cm³/mol. The van der Waals surface area contributed by atoms with Crippen molar-refractivity contribution in [3.05, 3.63) is 24.0 Å². The van der Waals surface area contributed by atoms with Crippen LogP contribution in [0.1, 0.15) is 240 Å². The lowest BCUT2D eigenvalue weighted by atomic mass is 9.99. The van der Waals surface area contributed by atoms with Gasteiger partial charge in [-0.3, -0.25) is 4.79 Å². The van der Waals surface area contributed by atoms with Crippen molar-refractivity contribution in [2.24, 2.45) is 23.7 Å². The molecule has 12 atom stereocenters. The Morgan fingerprint density at radius 1 is 0.621 bits per heavy atom. The second-order valence-corrected chi connectivity index (χ2v) is 21.2. The summed E-state index contributed by atoms with van der Waals surface area (Å²) in [6.07, 6.45) is 38.2. The van der Waals surface area contributed by atoms with Gasteiger partial charge in [0.05, 0.1) is 25.5 Å². The van der Waals surface area contributed by atoms with E-state index in [-0.39, 0.29) is 13.0 Å². The quantitative estimate of drug-likeness (QED) is 0.0199. The van der Waals surface area contributed by atoms with Gasteiger partial charge >= 0.3 is 0 Å². The summed E-state index contributed by atoms with van der Waals surface area (Å²) in [7, 11) is 0. The van der Waals surface area contributed by atoms with Crippen LogP contribution < -0.4 is 5.32 Å². The molecule has 1 saturated heterocycles. The van der Waals surface area contributed by atoms with Crippen molar-refractivity contribution in [1.82, 2.24) is 5.32 Å². The third-order valence-corrected chi connectivity index (χ3v) is 14.9. The van der Waals surface area contributed by atoms with E-state index in [4.69, 9.17) is 14.2 Å². The first kappa shape index (κ1) is 58.8. The molecule has 0 aromatic rings. The number of nitrogens with one attached hydrogen (secondary N) is 1. The third-order valence-electron chi connectivity index (χ3n) is 14.9. The fourth-order valence-corrected chi connectivity index (χ4v) is 10.2. The third kappa shape index (κ3) is 25.9. The van der Waals surface area contributed by atoms with Crippen LogP contribution in [0.2, 0.25) is 0 Å². The number of allylic oxidation sites excluding steroid dienone is 3. The number of aliphatic hydroxyl groups excluding tert-OH is 5. The minimum atomic E-state index is -1.58. The van der Waals surface area contributed by atoms with Crippen molar-refractivity contribution in [2.45, 2.75) is 289 Å². The van der Waals surface area contributed by atoms with Gasteiger partial charge in [-0.25, -0.2) is 0 Å². The van der Waals surface area contributed by atoms with E-state index in [1.54, 1.807) is 6.26 Å². The van der Waals surface area contributed by atoms with Gasteiger partial charge in [-0.2, -0.15) is 0 Å². The Bertz CT molecular complexity index is 1260. The summed E-state index contributed by atoms with van der Waals surface area (Å²) in [5.41, 5.74) is 0.957. The number of hydrogen-bond acceptors (Lipinski definition) is 9. The van der Waals surface area contributed by atoms with Crippen LogP contribution in [0.15, 0.2) is 24.0 Å². The van der Waals surface area contributed by atoms with E-state index in [0.29, 0.717) is 12.8 Å². The van der Waals surface area contributed by atoms with E-state index in [1.165, 1.54) is 167 Å². The molecule has 3 rings (SSSR count). The molecule has 2 saturated carbocycles. The Hall–Kier alpha value is -1.53. The SMILES string of the molecule is CCCCCCCCCC[C@H]1C[C@H]1CCCC/C=C\CC[C@@H](O)C(=O)N[C@@H](CO[C@@H]1O[C@@H](CO)[C@@H](O)[C@H](O)[C@@H]1O)[C@@H](CCCCCCC[C@@H]1C[C@@H]1CCCCCCCCCC)OC=C(C)C. The van der Waals surface area contributed by atoms with Gasteiger partial charge in [-0.1, -0.05) is 187 Å². The molecule has 0 aromatic heterocycles. The summed E-state index contributed by atoms with van der Waals surface area (Å²) in [5, 5.41) is 55.1. The van der Waals surface area contributed by atoms with Crippen LogP contribution in [0.4, 0.5) is 0 Å². The Kier molecular flexibility index (Phi) is 32.4. The monoisotopic (exact) mass is 934 g/mol. The highest BCUT2D eigenvalue weighted by molar-refractivity contribution is 5.80. The maximum atomic E-state index is 13.5. The number of rotatable bonds is 43. The Balaban J connectivity index is 1.39. The van der Waals surface area contributed by atoms with Crippen LogP contribution >= 0.6 is 0 Å². The zero-order valence-corrected chi connectivity index (χ0v) is 42.8. The molecule has 3 aliphatic rings. The lowest BCUT2D eigenvalue weighted by Gasteiger charge is -2.40. The maximum absolute atomic E-state index is 13.5. The molecule has 6 N–H and O–H groups in total. The molecular weight excluding hydrogens is 831 g/mol. The van der Waals surface area contributed by atoms with Gasteiger partial charge in [0, 0.05) is 0 Å². The zero-order valence-electron chi connectivity index (χ0n) is 42.8. The zero-order chi connectivity index (χ0) is 47.8. The smallest absolute Gasteiger partial charge is 0.249 e. The molecule has 386 valence electrons. The first-order chi connectivity index (χ1) is 32.1. The average molecular weight is 934 g/mol. The van der Waals surface area contributed by atoms with E-state index in [1.807, 2.05) is 13.8 Å². The topological polar surface area (TPSA) is 158 Å². The second-order valence-electron chi connectivity index (χ2n) is 21.2. The van der Waals surface area contributed by atoms with E-state index in [2.05, 4.69) is 31.3 Å². The minimum Gasteiger partial charge on any atom is -0.496 e. The Morgan fingerprint density at radius 2 is 1.09 bits per heavy atom. The van der Waals surface area contributed by atoms with Gasteiger partial charge in [-0.15, -0.1) is 0 Å². The number of carbonyl (C=O) groups excluding carboxylic acids is 1. The van der Waals surface area contributed by atoms with Gasteiger partial charge < -0.3 is 45.1 Å². The summed E-state index contributed by atoms with van der Waals surface area (Å²) in [5.74, 6) is 3.27. The fraction of sp³-hybridized carbons (Fsp3) is 0.911. The van der Waals surface area contributed by atoms with Gasteiger partial charge in [-0.05, 0) is 94.5 Å². The Morgan fingerprint density at radius 3 is 1.59 bits per heavy atom. The van der Waals surface area contributed by atoms with Crippen molar-refractivity contribution in [3.63, 3.8) is 0 Å². The van der Waals surface area contributed by atoms with Crippen LogP contribution in [0.5, 0.6) is 0 Å². The molecule has 0 bridgehead atoms. The van der Waals surface area contributed by atoms with Crippen molar-refractivity contribution < 1.29 is 44.5 Å². The number of hydrogen-bond donors (Lipinski definition) is 6. The summed E-state index contributed by atoms with van der Waals surface area (Å²) in [4.78, 5) is 13.5. The Labute approximate surface area is 403 Å². The van der Waals surface area contributed by atoms with Crippen molar-refractivity contribution in [1.29, 1.82) is 0 Å². The second kappa shape index (κ2) is 36.4. The number of carbonyl (C=O) groups is 1. The molecule has 10 nitrogen and oxygen atoms in total. The van der Waals surface area contributed by atoms with E-state index >= 15 is 0 Å². The van der Waals surface area contributed by atoms with Crippen molar-refractivity contribution >= 4 is 5.91 Å². The van der Waals surface area contributed by atoms with Crippen LogP contribution in [0.25, 0.3) is 0 Å². The van der Waals surface area contributed by atoms with Crippen molar-refractivity contribution in [3.8, 4) is 0 Å². The fourth-order valence-electron chi connectivity index (χ4n) is 10.2. The number of amides is 1. The first-order valence-corrected chi connectivity index (χ1v) is 27.9. The van der Waals surface area contributed by atoms with Gasteiger partial charge in [0.1, 0.15) is 36.6 Å². The molecule has 1 heterocycles. The lowest BCUT2D eigenvalue weighted by molar-refractivity contribution is -0.302. The molecular formula is C56H103NO9. The van der Waals surface area contributed by atoms with E-state index < -0.39 is 61.5 Å². The van der Waals surface area contributed by atoms with Gasteiger partial charge in [0.2, 0.25) is 5.91 Å². The molecule has 2 aliphatic carbocycles. The average Bonchev–Trinajstić information content (AvgIpc) is 4.25. The van der Waals surface area contributed by atoms with Crippen LogP contribution in [-0.4, -0.2) is 93.6 Å². The lowest BCUT2D eigenvalue weighted by Crippen LogP contribution is -2.60. The number of aliphatic hydroxyl groups is 5. The number of unbranched alkanes of at least 4 members (excludes halogenated alkanes) is 20. The van der Waals surface area contributed by atoms with Gasteiger partial charge in [0.25, 0.3) is 0 Å². The van der Waals surface area contributed by atoms with E-state index in [9.17, 15) is 30.3 Å². The summed E-state index contributed by atoms with van der Waals surface area (Å²) >= 11 is 0.